The van der Waals surface area contributed by atoms with Crippen molar-refractivity contribution < 1.29 is 44.0 Å². The molecule has 2 saturated heterocycles. The molecule has 0 aliphatic carbocycles. The van der Waals surface area contributed by atoms with Crippen molar-refractivity contribution in [2.75, 3.05) is 45.8 Å². The van der Waals surface area contributed by atoms with Gasteiger partial charge in [-0.15, -0.1) is 0 Å². The minimum absolute atomic E-state index is 0.102. The lowest BCUT2D eigenvalue weighted by Crippen LogP contribution is -2.65. The second-order valence-corrected chi connectivity index (χ2v) is 27.5. The summed E-state index contributed by atoms with van der Waals surface area (Å²) in [5.41, 5.74) is 6.45. The van der Waals surface area contributed by atoms with E-state index in [2.05, 4.69) is 5.32 Å². The molecule has 19 heteroatoms. The van der Waals surface area contributed by atoms with Crippen molar-refractivity contribution in [3.8, 4) is 0 Å². The van der Waals surface area contributed by atoms with Gasteiger partial charge in [-0.2, -0.15) is 10.1 Å². The third-order valence-corrected chi connectivity index (χ3v) is 18.8. The number of nitrogens with two attached hydrogens (primary N) is 1. The second-order valence-electron chi connectivity index (χ2n) is 27.5. The van der Waals surface area contributed by atoms with Crippen LogP contribution in [0.2, 0.25) is 0 Å². The van der Waals surface area contributed by atoms with Crippen LogP contribution in [0.5, 0.6) is 0 Å². The number of primary amides is 1. The predicted molar refractivity (Wildman–Crippen MR) is 351 cm³/mol. The number of nitrogens with one attached hydrogen (secondary N) is 1. The zero-order valence-electron chi connectivity index (χ0n) is 55.7. The summed E-state index contributed by atoms with van der Waals surface area (Å²) in [6, 6.07) is 42.1. The quantitative estimate of drug-likeness (QED) is 0.0406. The summed E-state index contributed by atoms with van der Waals surface area (Å²) >= 11 is 0. The smallest absolute Gasteiger partial charge is 0.243 e. The average molecular weight is 1250 g/mol. The molecule has 2 fully saturated rings. The molecule has 4 unspecified atom stereocenters. The summed E-state index contributed by atoms with van der Waals surface area (Å²) in [6.07, 6.45) is 1.54. The van der Waals surface area contributed by atoms with Crippen LogP contribution in [0.1, 0.15) is 174 Å². The summed E-state index contributed by atoms with van der Waals surface area (Å²) in [7, 11) is 0. The maximum atomic E-state index is 16.0. The number of nitrogens with zero attached hydrogens (tertiary/aromatic N) is 8. The summed E-state index contributed by atoms with van der Waals surface area (Å²) in [5.74, 6) is -3.91. The van der Waals surface area contributed by atoms with Crippen LogP contribution in [0.3, 0.4) is 0 Å². The van der Waals surface area contributed by atoms with Crippen LogP contribution in [-0.2, 0) is 33.6 Å². The van der Waals surface area contributed by atoms with E-state index in [0.29, 0.717) is 24.0 Å². The topological polar surface area (TPSA) is 224 Å². The number of rotatable bonds is 26. The first-order chi connectivity index (χ1) is 42.8. The van der Waals surface area contributed by atoms with Crippen LogP contribution in [0.4, 0.5) is 0 Å². The van der Waals surface area contributed by atoms with E-state index >= 15 is 19.2 Å². The Morgan fingerprint density at radius 1 is 0.396 bits per heavy atom. The van der Waals surface area contributed by atoms with Crippen molar-refractivity contribution in [2.45, 2.75) is 180 Å². The highest BCUT2D eigenvalue weighted by molar-refractivity contribution is 5.93. The van der Waals surface area contributed by atoms with E-state index in [9.17, 15) is 24.8 Å². The van der Waals surface area contributed by atoms with Gasteiger partial charge in [-0.3, -0.25) is 33.6 Å². The number of amides is 7. The molecule has 0 aromatic heterocycles. The molecule has 2 aliphatic heterocycles. The highest BCUT2D eigenvalue weighted by Gasteiger charge is 2.49. The Balaban J connectivity index is 1.26. The molecule has 5 aromatic carbocycles. The number of hydroxylamine groups is 4. The third-order valence-electron chi connectivity index (χ3n) is 18.8. The maximum Gasteiger partial charge on any atom is 0.243 e. The van der Waals surface area contributed by atoms with Crippen molar-refractivity contribution in [1.29, 1.82) is 0 Å². The molecule has 0 saturated carbocycles. The van der Waals surface area contributed by atoms with Crippen molar-refractivity contribution in [3.05, 3.63) is 179 Å². The van der Waals surface area contributed by atoms with Gasteiger partial charge >= 0.3 is 0 Å². The molecule has 0 radical (unpaired) electrons. The number of benzene rings is 5. The Morgan fingerprint density at radius 2 is 0.637 bits per heavy atom. The fourth-order valence-electron chi connectivity index (χ4n) is 13.7. The van der Waals surface area contributed by atoms with E-state index in [-0.39, 0.29) is 31.3 Å². The molecule has 490 valence electrons. The summed E-state index contributed by atoms with van der Waals surface area (Å²) < 4.78 is 0. The van der Waals surface area contributed by atoms with E-state index in [0.717, 1.165) is 16.7 Å². The number of piperidine rings is 2. The average Bonchev–Trinajstić information content (AvgIpc) is 0.850. The fourth-order valence-corrected chi connectivity index (χ4v) is 13.7. The zero-order chi connectivity index (χ0) is 66.8. The summed E-state index contributed by atoms with van der Waals surface area (Å²) in [4.78, 5) is 114. The van der Waals surface area contributed by atoms with E-state index in [1.807, 2.05) is 228 Å². The van der Waals surface area contributed by atoms with Gasteiger partial charge in [0, 0.05) is 34.2 Å². The molecule has 7 amide bonds. The van der Waals surface area contributed by atoms with Gasteiger partial charge in [0.1, 0.15) is 32.7 Å². The lowest BCUT2D eigenvalue weighted by Gasteiger charge is -2.53. The van der Waals surface area contributed by atoms with Gasteiger partial charge in [0.25, 0.3) is 0 Å². The maximum absolute atomic E-state index is 16.0. The van der Waals surface area contributed by atoms with E-state index in [4.69, 9.17) is 5.73 Å². The van der Waals surface area contributed by atoms with Gasteiger partial charge in [-0.25, -0.2) is 0 Å². The minimum Gasteiger partial charge on any atom is -0.368 e. The van der Waals surface area contributed by atoms with Crippen molar-refractivity contribution in [3.63, 3.8) is 0 Å². The zero-order valence-corrected chi connectivity index (χ0v) is 55.7. The number of carbonyl (C=O) groups is 7. The van der Waals surface area contributed by atoms with Gasteiger partial charge in [0.2, 0.25) is 41.4 Å². The van der Waals surface area contributed by atoms with Gasteiger partial charge in [-0.05, 0) is 144 Å². The molecular weight excluding hydrogens is 1150 g/mol. The largest absolute Gasteiger partial charge is 0.368 e. The van der Waals surface area contributed by atoms with Gasteiger partial charge in [0.15, 0.2) is 0 Å². The molecule has 5 N–H and O–H groups in total. The van der Waals surface area contributed by atoms with Crippen LogP contribution in [0.25, 0.3) is 0 Å². The number of hydrogen-bond acceptors (Lipinski definition) is 12. The molecule has 5 aromatic rings. The van der Waals surface area contributed by atoms with E-state index in [1.54, 1.807) is 13.8 Å². The minimum atomic E-state index is -0.917. The third kappa shape index (κ3) is 17.6. The SMILES string of the molecule is CC(c1ccccc1)N(CC(N)=O)C(=O)CN(C(=O)CN(C(=O)CN(C(=O)CN(C(=O)CN(C(=O)CNC1CC(C)(C)N(O)C(C)(C)C1)C(C)c1ccccc1)[C@H](C)c1ccccc1)C(C)c1ccccc1)C1CC(C)(C)N(O)C(C)(C)C1)C(C)c1ccccc1. The molecule has 19 nitrogen and oxygen atoms in total. The Morgan fingerprint density at radius 3 is 0.923 bits per heavy atom. The molecule has 0 spiro atoms. The Labute approximate surface area is 539 Å². The van der Waals surface area contributed by atoms with Crippen molar-refractivity contribution in [2.24, 2.45) is 5.73 Å². The standard InChI is InChI=1S/C72H98N10O9/c1-50(55-29-19-14-20-30-55)75(44-62(73)83)64(85)46-78(53(4)58-35-25-17-26-36-58)67(88)49-80(61-41-71(10,11)82(91)72(12,13)42-61)68(89)48-79(54(5)59-37-27-18-28-38-59)66(87)47-77(52(3)57-33-23-16-24-34-57)65(86)45-76(51(2)56-31-21-15-22-32-56)63(84)43-74-60-39-69(6,7)81(90)70(8,9)40-60/h14-38,50-54,60-61,74,90-91H,39-49H2,1-13H3,(H2,73,83)/t50?,51?,52-,53?,54?/m1/s1. The summed E-state index contributed by atoms with van der Waals surface area (Å²) in [5, 5.41) is 28.8. The van der Waals surface area contributed by atoms with Gasteiger partial charge in [-0.1, -0.05) is 152 Å². The Bertz CT molecular complexity index is 3230. The molecule has 91 heavy (non-hydrogen) atoms. The molecule has 5 atom stereocenters. The second kappa shape index (κ2) is 30.1. The molecular formula is C72H98N10O9. The van der Waals surface area contributed by atoms with Crippen LogP contribution in [0, 0.1) is 0 Å². The van der Waals surface area contributed by atoms with Crippen LogP contribution >= 0.6 is 0 Å². The first kappa shape index (κ1) is 70.6. The van der Waals surface area contributed by atoms with Gasteiger partial charge in [0.05, 0.1) is 43.3 Å². The normalized spacial score (nSPS) is 18.1. The molecule has 2 heterocycles. The number of hydrogen-bond donors (Lipinski definition) is 4. The first-order valence-corrected chi connectivity index (χ1v) is 31.8. The lowest BCUT2D eigenvalue weighted by molar-refractivity contribution is -0.251. The Kier molecular flexibility index (Phi) is 23.4. The van der Waals surface area contributed by atoms with Gasteiger partial charge < -0.3 is 50.9 Å². The number of carbonyl (C=O) groups excluding carboxylic acids is 7. The van der Waals surface area contributed by atoms with Crippen LogP contribution in [0.15, 0.2) is 152 Å². The van der Waals surface area contributed by atoms with Crippen LogP contribution < -0.4 is 11.1 Å². The molecule has 0 bridgehead atoms. The predicted octanol–water partition coefficient (Wildman–Crippen LogP) is 9.66. The van der Waals surface area contributed by atoms with Crippen LogP contribution in [-0.4, -0.2) is 171 Å². The summed E-state index contributed by atoms with van der Waals surface area (Å²) in [6.45, 7) is 21.3. The van der Waals surface area contributed by atoms with Crippen molar-refractivity contribution >= 4 is 41.4 Å². The Hall–Kier alpha value is -7.81. The fraction of sp³-hybridized carbons (Fsp3) is 0.486. The molecule has 7 rings (SSSR count). The highest BCUT2D eigenvalue weighted by Crippen LogP contribution is 2.40. The van der Waals surface area contributed by atoms with Crippen molar-refractivity contribution in [1.82, 2.24) is 44.8 Å². The van der Waals surface area contributed by atoms with E-state index in [1.165, 1.54) is 39.5 Å². The molecule has 2 aliphatic rings. The monoisotopic (exact) mass is 1250 g/mol. The lowest BCUT2D eigenvalue weighted by atomic mass is 9.78. The van der Waals surface area contributed by atoms with E-state index < -0.39 is 133 Å². The first-order valence-electron chi connectivity index (χ1n) is 31.8. The highest BCUT2D eigenvalue weighted by atomic mass is 16.5.